The van der Waals surface area contributed by atoms with Crippen molar-refractivity contribution in [2.24, 2.45) is 7.05 Å². The maximum atomic E-state index is 7.60. The normalized spacial score (nSPS) is 12.6. The lowest BCUT2D eigenvalue weighted by Crippen LogP contribution is -2.29. The second-order valence-corrected chi connectivity index (χ2v) is 9.34. The second-order valence-electron chi connectivity index (χ2n) is 9.34. The number of nitrogens with zero attached hydrogens (tertiary/aromatic N) is 4. The monoisotopic (exact) mass is 403 g/mol. The molecule has 0 atom stereocenters. The number of pyridine rings is 3. The Labute approximate surface area is 180 Å². The van der Waals surface area contributed by atoms with Crippen LogP contribution in [0.4, 0.5) is 0 Å². The fourth-order valence-corrected chi connectivity index (χ4v) is 5.26. The minimum atomic E-state index is -0.427. The Hall–Kier alpha value is -3.71. The molecule has 2 aromatic carbocycles. The van der Waals surface area contributed by atoms with Crippen LogP contribution in [0.1, 0.15) is 25.0 Å². The summed E-state index contributed by atoms with van der Waals surface area (Å²) in [4.78, 5) is 8.28. The minimum absolute atomic E-state index is 0.427. The van der Waals surface area contributed by atoms with E-state index in [0.717, 1.165) is 6.42 Å². The van der Waals surface area contributed by atoms with Crippen molar-refractivity contribution >= 4 is 49.0 Å². The number of hydrogen-bond acceptors (Lipinski definition) is 1. The lowest BCUT2D eigenvalue weighted by molar-refractivity contribution is -0.643. The van der Waals surface area contributed by atoms with E-state index in [0.29, 0.717) is 0 Å². The molecule has 0 amide bonds. The molecule has 31 heavy (non-hydrogen) atoms. The number of benzene rings is 2. The number of fused-ring (bicyclic) bond motifs is 5. The van der Waals surface area contributed by atoms with Crippen molar-refractivity contribution in [3.05, 3.63) is 77.5 Å². The van der Waals surface area contributed by atoms with Gasteiger partial charge < -0.3 is 9.25 Å². The summed E-state index contributed by atoms with van der Waals surface area (Å²) in [6.07, 6.45) is 6.73. The quantitative estimate of drug-likeness (QED) is 0.156. The number of rotatable bonds is 2. The van der Waals surface area contributed by atoms with Gasteiger partial charge in [-0.25, -0.2) is 11.1 Å². The van der Waals surface area contributed by atoms with Crippen LogP contribution in [0.2, 0.25) is 0 Å². The molecule has 4 heteroatoms. The van der Waals surface area contributed by atoms with Gasteiger partial charge in [0.2, 0.25) is 11.1 Å². The standard InChI is InChI=1S/C27H23N4/c1-16-6-7-19-20-15-29-10-8-21(20)31-22-13-17(14-27(2,3)28-4)12-18-9-11-30(5)26(24(18)22)23(16)25(19)31/h6-13,15H,14H2,1-3,5H3/q+1. The van der Waals surface area contributed by atoms with E-state index < -0.39 is 5.54 Å². The summed E-state index contributed by atoms with van der Waals surface area (Å²) < 4.78 is 4.66. The minimum Gasteiger partial charge on any atom is -0.311 e. The van der Waals surface area contributed by atoms with Crippen LogP contribution in [0.15, 0.2) is 55.0 Å². The van der Waals surface area contributed by atoms with Crippen molar-refractivity contribution in [3.63, 3.8) is 0 Å². The van der Waals surface area contributed by atoms with Crippen molar-refractivity contribution < 1.29 is 4.57 Å². The molecule has 0 saturated carbocycles. The summed E-state index contributed by atoms with van der Waals surface area (Å²) >= 11 is 0. The third-order valence-corrected chi connectivity index (χ3v) is 6.63. The Morgan fingerprint density at radius 2 is 1.90 bits per heavy atom. The van der Waals surface area contributed by atoms with Gasteiger partial charge in [0.1, 0.15) is 7.05 Å². The summed E-state index contributed by atoms with van der Waals surface area (Å²) in [7, 11) is 2.13. The fourth-order valence-electron chi connectivity index (χ4n) is 5.26. The molecule has 0 aliphatic carbocycles. The van der Waals surface area contributed by atoms with Crippen molar-refractivity contribution in [3.8, 4) is 0 Å². The molecular formula is C27H23N4+. The molecular weight excluding hydrogens is 380 g/mol. The molecule has 0 N–H and O–H groups in total. The van der Waals surface area contributed by atoms with E-state index in [4.69, 9.17) is 6.57 Å². The van der Waals surface area contributed by atoms with Gasteiger partial charge in [0.25, 0.3) is 0 Å². The SMILES string of the molecule is [C-]#[N+]C(C)(C)Cc1cc2cc[n+](C)c3c4c(C)ccc5c6cnccc6n(c(c1)c23)c54. The van der Waals surface area contributed by atoms with Crippen LogP contribution in [0, 0.1) is 13.5 Å². The first-order valence-corrected chi connectivity index (χ1v) is 10.6. The second kappa shape index (κ2) is 5.92. The van der Waals surface area contributed by atoms with Gasteiger partial charge in [0.15, 0.2) is 6.20 Å². The van der Waals surface area contributed by atoms with Gasteiger partial charge >= 0.3 is 0 Å². The first kappa shape index (κ1) is 18.1. The van der Waals surface area contributed by atoms with E-state index in [1.54, 1.807) is 0 Å². The highest BCUT2D eigenvalue weighted by molar-refractivity contribution is 6.25. The average Bonchev–Trinajstić information content (AvgIpc) is 3.09. The summed E-state index contributed by atoms with van der Waals surface area (Å²) in [5.74, 6) is 0. The molecule has 0 bridgehead atoms. The molecule has 0 fully saturated rings. The van der Waals surface area contributed by atoms with Crippen LogP contribution in [0.3, 0.4) is 0 Å². The van der Waals surface area contributed by atoms with Crippen LogP contribution in [0.25, 0.3) is 53.8 Å². The molecule has 0 radical (unpaired) electrons. The van der Waals surface area contributed by atoms with Gasteiger partial charge in [-0.2, -0.15) is 0 Å². The van der Waals surface area contributed by atoms with Crippen LogP contribution >= 0.6 is 0 Å². The average molecular weight is 404 g/mol. The Balaban J connectivity index is 1.94. The summed E-state index contributed by atoms with van der Waals surface area (Å²) in [5, 5.41) is 6.20. The molecule has 0 spiro atoms. The zero-order valence-electron chi connectivity index (χ0n) is 18.2. The van der Waals surface area contributed by atoms with E-state index in [-0.39, 0.29) is 0 Å². The predicted octanol–water partition coefficient (Wildman–Crippen LogP) is 5.76. The molecule has 6 aromatic rings. The summed E-state index contributed by atoms with van der Waals surface area (Å²) in [5.41, 5.74) is 6.93. The smallest absolute Gasteiger partial charge is 0.231 e. The van der Waals surface area contributed by atoms with Gasteiger partial charge in [-0.1, -0.05) is 18.2 Å². The van der Waals surface area contributed by atoms with Crippen molar-refractivity contribution in [1.29, 1.82) is 0 Å². The largest absolute Gasteiger partial charge is 0.311 e. The zero-order chi connectivity index (χ0) is 21.5. The highest BCUT2D eigenvalue weighted by Gasteiger charge is 2.27. The van der Waals surface area contributed by atoms with Gasteiger partial charge in [-0.3, -0.25) is 4.98 Å². The van der Waals surface area contributed by atoms with Crippen molar-refractivity contribution in [2.75, 3.05) is 0 Å². The highest BCUT2D eigenvalue weighted by Crippen LogP contribution is 2.40. The predicted molar refractivity (Wildman–Crippen MR) is 127 cm³/mol. The van der Waals surface area contributed by atoms with Crippen molar-refractivity contribution in [2.45, 2.75) is 32.7 Å². The topological polar surface area (TPSA) is 25.5 Å². The molecule has 0 unspecified atom stereocenters. The fraction of sp³-hybridized carbons (Fsp3) is 0.222. The Bertz CT molecular complexity index is 1710. The molecule has 0 aliphatic rings. The maximum Gasteiger partial charge on any atom is 0.231 e. The molecule has 0 aliphatic heterocycles. The summed E-state index contributed by atoms with van der Waals surface area (Å²) in [6.45, 7) is 13.8. The van der Waals surface area contributed by atoms with Crippen molar-refractivity contribution in [1.82, 2.24) is 9.38 Å². The zero-order valence-corrected chi connectivity index (χ0v) is 18.2. The number of aromatic nitrogens is 3. The maximum absolute atomic E-state index is 7.60. The van der Waals surface area contributed by atoms with E-state index in [1.807, 2.05) is 26.2 Å². The number of aryl methyl sites for hydroxylation is 2. The van der Waals surface area contributed by atoms with Gasteiger partial charge in [0, 0.05) is 43.1 Å². The Morgan fingerprint density at radius 3 is 2.71 bits per heavy atom. The van der Waals surface area contributed by atoms with E-state index in [9.17, 15) is 0 Å². The highest BCUT2D eigenvalue weighted by atomic mass is 15.0. The van der Waals surface area contributed by atoms with Gasteiger partial charge in [-0.05, 0) is 35.6 Å². The first-order valence-electron chi connectivity index (χ1n) is 10.6. The Kier molecular flexibility index (Phi) is 3.46. The van der Waals surface area contributed by atoms with Gasteiger partial charge in [0.05, 0.1) is 33.7 Å². The van der Waals surface area contributed by atoms with E-state index in [2.05, 4.69) is 75.4 Å². The van der Waals surface area contributed by atoms with Crippen LogP contribution in [-0.4, -0.2) is 14.9 Å². The van der Waals surface area contributed by atoms with Gasteiger partial charge in [-0.15, -0.1) is 0 Å². The summed E-state index contributed by atoms with van der Waals surface area (Å²) in [6, 6.07) is 13.3. The molecule has 4 nitrogen and oxygen atoms in total. The third-order valence-electron chi connectivity index (χ3n) is 6.63. The van der Waals surface area contributed by atoms with Crippen LogP contribution in [0.5, 0.6) is 0 Å². The number of hydrogen-bond donors (Lipinski definition) is 0. The molecule has 6 rings (SSSR count). The van der Waals surface area contributed by atoms with Crippen LogP contribution in [-0.2, 0) is 13.5 Å². The van der Waals surface area contributed by atoms with E-state index in [1.165, 1.54) is 60.1 Å². The van der Waals surface area contributed by atoms with Crippen LogP contribution < -0.4 is 4.57 Å². The molecule has 150 valence electrons. The molecule has 0 saturated heterocycles. The lowest BCUT2D eigenvalue weighted by atomic mass is 9.92. The van der Waals surface area contributed by atoms with E-state index >= 15 is 0 Å². The third kappa shape index (κ3) is 2.35. The first-order chi connectivity index (χ1) is 14.9. The Morgan fingerprint density at radius 1 is 1.06 bits per heavy atom. The molecule has 4 aromatic heterocycles. The molecule has 4 heterocycles. The lowest BCUT2D eigenvalue weighted by Gasteiger charge is -2.16.